The Hall–Kier alpha value is -1.87. The highest BCUT2D eigenvalue weighted by molar-refractivity contribution is 7.80. The minimum atomic E-state index is 0.00722. The Bertz CT molecular complexity index is 597. The Balaban J connectivity index is 2.01. The highest BCUT2D eigenvalue weighted by Gasteiger charge is 2.24. The van der Waals surface area contributed by atoms with Crippen LogP contribution in [0.15, 0.2) is 54.6 Å². The number of hydrogen-bond donors (Lipinski definition) is 0. The van der Waals surface area contributed by atoms with E-state index < -0.39 is 0 Å². The van der Waals surface area contributed by atoms with Crippen molar-refractivity contribution in [2.24, 2.45) is 0 Å². The van der Waals surface area contributed by atoms with Crippen LogP contribution in [-0.4, -0.2) is 23.5 Å². The smallest absolute Gasteiger partial charge is 0.141 e. The average molecular weight is 269 g/mol. The number of hydrogen-bond acceptors (Lipinski definition) is 2. The van der Waals surface area contributed by atoms with Gasteiger partial charge in [0.05, 0.1) is 12.1 Å². The molecule has 2 aromatic rings. The number of likely N-dealkylation sites (N-methyl/N-ethyl adjacent to an activating group) is 1. The van der Waals surface area contributed by atoms with Crippen LogP contribution in [0.2, 0.25) is 0 Å². The summed E-state index contributed by atoms with van der Waals surface area (Å²) >= 11 is 5.52. The van der Waals surface area contributed by atoms with E-state index in [1.165, 1.54) is 5.56 Å². The van der Waals surface area contributed by atoms with Gasteiger partial charge >= 0.3 is 0 Å². The molecule has 96 valence electrons. The molecule has 1 atom stereocenters. The van der Waals surface area contributed by atoms with Crippen LogP contribution in [-0.2, 0) is 0 Å². The minimum Gasteiger partial charge on any atom is -0.483 e. The molecule has 0 aromatic heterocycles. The van der Waals surface area contributed by atoms with Crippen LogP contribution >= 0.6 is 12.2 Å². The molecule has 1 aliphatic heterocycles. The molecule has 3 rings (SSSR count). The van der Waals surface area contributed by atoms with Gasteiger partial charge < -0.3 is 9.64 Å². The number of rotatable bonds is 1. The zero-order chi connectivity index (χ0) is 13.2. The van der Waals surface area contributed by atoms with Gasteiger partial charge in [0.25, 0.3) is 0 Å². The lowest BCUT2D eigenvalue weighted by molar-refractivity contribution is 0.185. The first-order valence-corrected chi connectivity index (χ1v) is 6.72. The summed E-state index contributed by atoms with van der Waals surface area (Å²) in [5, 5.41) is 0. The van der Waals surface area contributed by atoms with Crippen molar-refractivity contribution in [3.8, 4) is 5.75 Å². The Labute approximate surface area is 118 Å². The second-order valence-corrected chi connectivity index (χ2v) is 5.09. The van der Waals surface area contributed by atoms with E-state index in [0.29, 0.717) is 0 Å². The van der Waals surface area contributed by atoms with Crippen LogP contribution in [0.3, 0.4) is 0 Å². The lowest BCUT2D eigenvalue weighted by Crippen LogP contribution is -2.29. The predicted octanol–water partition coefficient (Wildman–Crippen LogP) is 3.43. The second kappa shape index (κ2) is 5.02. The lowest BCUT2D eigenvalue weighted by atomic mass is 10.1. The Morgan fingerprint density at radius 3 is 2.53 bits per heavy atom. The minimum absolute atomic E-state index is 0.00722. The molecule has 0 spiro atoms. The maximum absolute atomic E-state index is 6.15. The molecule has 1 aliphatic rings. The highest BCUT2D eigenvalue weighted by Crippen LogP contribution is 2.30. The van der Waals surface area contributed by atoms with Crippen molar-refractivity contribution in [2.45, 2.75) is 6.10 Å². The number of fused-ring (bicyclic) bond motifs is 1. The number of nitrogens with zero attached hydrogens (tertiary/aromatic N) is 1. The summed E-state index contributed by atoms with van der Waals surface area (Å²) in [6.45, 7) is 0.761. The van der Waals surface area contributed by atoms with Crippen molar-refractivity contribution in [1.29, 1.82) is 0 Å². The summed E-state index contributed by atoms with van der Waals surface area (Å²) in [4.78, 5) is 2.92. The monoisotopic (exact) mass is 269 g/mol. The molecular formula is C16H15NOS. The van der Waals surface area contributed by atoms with Gasteiger partial charge in [0.15, 0.2) is 0 Å². The lowest BCUT2D eigenvalue weighted by Gasteiger charge is -2.22. The number of benzene rings is 2. The number of para-hydroxylation sites is 1. The first-order chi connectivity index (χ1) is 9.25. The SMILES string of the molecule is CN1CC(c2ccccc2)Oc2ccccc2C1=S. The largest absolute Gasteiger partial charge is 0.483 e. The molecule has 2 nitrogen and oxygen atoms in total. The van der Waals surface area contributed by atoms with Gasteiger partial charge in [-0.1, -0.05) is 54.7 Å². The van der Waals surface area contributed by atoms with Crippen LogP contribution < -0.4 is 4.74 Å². The van der Waals surface area contributed by atoms with Crippen LogP contribution in [0.5, 0.6) is 5.75 Å². The summed E-state index contributed by atoms with van der Waals surface area (Å²) in [5.41, 5.74) is 2.17. The predicted molar refractivity (Wildman–Crippen MR) is 80.6 cm³/mol. The van der Waals surface area contributed by atoms with Gasteiger partial charge in [-0.25, -0.2) is 0 Å². The van der Waals surface area contributed by atoms with Gasteiger partial charge in [-0.05, 0) is 17.7 Å². The van der Waals surface area contributed by atoms with Crippen molar-refractivity contribution >= 4 is 17.2 Å². The van der Waals surface area contributed by atoms with Gasteiger partial charge in [0.1, 0.15) is 16.8 Å². The van der Waals surface area contributed by atoms with Gasteiger partial charge in [-0.3, -0.25) is 0 Å². The normalized spacial score (nSPS) is 18.5. The topological polar surface area (TPSA) is 12.5 Å². The van der Waals surface area contributed by atoms with Crippen molar-refractivity contribution in [3.05, 3.63) is 65.7 Å². The van der Waals surface area contributed by atoms with E-state index in [4.69, 9.17) is 17.0 Å². The zero-order valence-electron chi connectivity index (χ0n) is 10.7. The summed E-state index contributed by atoms with van der Waals surface area (Å²) < 4.78 is 6.15. The molecule has 0 amide bonds. The highest BCUT2D eigenvalue weighted by atomic mass is 32.1. The van der Waals surface area contributed by atoms with E-state index in [1.54, 1.807) is 0 Å². The summed E-state index contributed by atoms with van der Waals surface area (Å²) in [6, 6.07) is 18.2. The molecular weight excluding hydrogens is 254 g/mol. The number of ether oxygens (including phenoxy) is 1. The third-order valence-electron chi connectivity index (χ3n) is 3.34. The Morgan fingerprint density at radius 2 is 1.74 bits per heavy atom. The van der Waals surface area contributed by atoms with E-state index in [2.05, 4.69) is 17.0 Å². The van der Waals surface area contributed by atoms with Crippen molar-refractivity contribution in [1.82, 2.24) is 4.90 Å². The van der Waals surface area contributed by atoms with Crippen LogP contribution in [0.4, 0.5) is 0 Å². The molecule has 0 aliphatic carbocycles. The van der Waals surface area contributed by atoms with Crippen LogP contribution in [0, 0.1) is 0 Å². The molecule has 0 radical (unpaired) electrons. The molecule has 0 bridgehead atoms. The summed E-state index contributed by atoms with van der Waals surface area (Å²) in [6.07, 6.45) is 0.00722. The Morgan fingerprint density at radius 1 is 1.05 bits per heavy atom. The quantitative estimate of drug-likeness (QED) is 0.736. The molecule has 1 unspecified atom stereocenters. The summed E-state index contributed by atoms with van der Waals surface area (Å²) in [5.74, 6) is 0.866. The van der Waals surface area contributed by atoms with E-state index in [-0.39, 0.29) is 6.10 Å². The molecule has 1 heterocycles. The van der Waals surface area contributed by atoms with Crippen LogP contribution in [0.25, 0.3) is 0 Å². The van der Waals surface area contributed by atoms with Gasteiger partial charge in [-0.2, -0.15) is 0 Å². The second-order valence-electron chi connectivity index (χ2n) is 4.70. The Kier molecular flexibility index (Phi) is 3.22. The fourth-order valence-electron chi connectivity index (χ4n) is 2.32. The van der Waals surface area contributed by atoms with E-state index >= 15 is 0 Å². The number of thiocarbonyl (C=S) groups is 1. The average Bonchev–Trinajstić information content (AvgIpc) is 2.58. The summed E-state index contributed by atoms with van der Waals surface area (Å²) in [7, 11) is 2.02. The molecule has 0 N–H and O–H groups in total. The van der Waals surface area contributed by atoms with E-state index in [0.717, 1.165) is 22.8 Å². The van der Waals surface area contributed by atoms with E-state index in [1.807, 2.05) is 49.5 Å². The maximum atomic E-state index is 6.15. The van der Waals surface area contributed by atoms with Crippen molar-refractivity contribution < 1.29 is 4.74 Å². The zero-order valence-corrected chi connectivity index (χ0v) is 11.6. The molecule has 0 fully saturated rings. The third-order valence-corrected chi connectivity index (χ3v) is 3.88. The first kappa shape index (κ1) is 12.2. The molecule has 3 heteroatoms. The molecule has 0 saturated carbocycles. The van der Waals surface area contributed by atoms with Crippen LogP contribution in [0.1, 0.15) is 17.2 Å². The first-order valence-electron chi connectivity index (χ1n) is 6.32. The maximum Gasteiger partial charge on any atom is 0.141 e. The fourth-order valence-corrected chi connectivity index (χ4v) is 2.56. The van der Waals surface area contributed by atoms with Gasteiger partial charge in [0, 0.05) is 7.05 Å². The van der Waals surface area contributed by atoms with Gasteiger partial charge in [-0.15, -0.1) is 0 Å². The standard InChI is InChI=1S/C16H15NOS/c1-17-11-15(12-7-3-2-4-8-12)18-14-10-6-5-9-13(14)16(17)19/h2-10,15H,11H2,1H3. The molecule has 0 saturated heterocycles. The van der Waals surface area contributed by atoms with E-state index in [9.17, 15) is 0 Å². The fraction of sp³-hybridized carbons (Fsp3) is 0.188. The molecule has 19 heavy (non-hydrogen) atoms. The molecule has 2 aromatic carbocycles. The third kappa shape index (κ3) is 2.34. The van der Waals surface area contributed by atoms with Crippen molar-refractivity contribution in [2.75, 3.05) is 13.6 Å². The van der Waals surface area contributed by atoms with Gasteiger partial charge in [0.2, 0.25) is 0 Å². The van der Waals surface area contributed by atoms with Crippen molar-refractivity contribution in [3.63, 3.8) is 0 Å².